The average molecular weight is 560 g/mol. The molecule has 40 heavy (non-hydrogen) atoms. The van der Waals surface area contributed by atoms with Gasteiger partial charge in [-0.3, -0.25) is 9.59 Å². The van der Waals surface area contributed by atoms with Crippen molar-refractivity contribution in [3.05, 3.63) is 63.9 Å². The van der Waals surface area contributed by atoms with Gasteiger partial charge >= 0.3 is 5.97 Å². The van der Waals surface area contributed by atoms with E-state index in [9.17, 15) is 14.4 Å². The fourth-order valence-corrected chi connectivity index (χ4v) is 4.68. The Morgan fingerprint density at radius 3 is 2.62 bits per heavy atom. The number of carbonyl (C=O) groups excluding carboxylic acids is 2. The maximum Gasteiger partial charge on any atom is 0.343 e. The molecule has 0 bridgehead atoms. The van der Waals surface area contributed by atoms with E-state index in [0.29, 0.717) is 37.4 Å². The van der Waals surface area contributed by atoms with Crippen LogP contribution in [0.25, 0.3) is 16.6 Å². The number of para-hydroxylation sites is 2. The molecule has 1 unspecified atom stereocenters. The first-order valence-corrected chi connectivity index (χ1v) is 12.9. The van der Waals surface area contributed by atoms with Gasteiger partial charge in [0.15, 0.2) is 18.4 Å². The van der Waals surface area contributed by atoms with Gasteiger partial charge in [0, 0.05) is 26.8 Å². The van der Waals surface area contributed by atoms with Crippen LogP contribution in [0.15, 0.2) is 41.3 Å². The Balaban J connectivity index is 1.93. The summed E-state index contributed by atoms with van der Waals surface area (Å²) in [4.78, 5) is 39.3. The first kappa shape index (κ1) is 29.0. The van der Waals surface area contributed by atoms with Crippen molar-refractivity contribution in [2.75, 3.05) is 45.2 Å². The number of fused-ring (bicyclic) bond motifs is 1. The molecule has 1 atom stereocenters. The Hall–Kier alpha value is -4.03. The molecule has 3 aromatic rings. The van der Waals surface area contributed by atoms with Gasteiger partial charge in [0.05, 0.1) is 42.1 Å². The minimum absolute atomic E-state index is 0.00299. The van der Waals surface area contributed by atoms with Crippen molar-refractivity contribution in [2.45, 2.75) is 32.9 Å². The first-order valence-electron chi connectivity index (χ1n) is 12.9. The molecular formula is C28H31F2N3O7. The van der Waals surface area contributed by atoms with Gasteiger partial charge in [0.25, 0.3) is 0 Å². The summed E-state index contributed by atoms with van der Waals surface area (Å²) in [6.07, 6.45) is 1.85. The normalized spacial score (nSPS) is 14.9. The summed E-state index contributed by atoms with van der Waals surface area (Å²) in [7, 11) is 1.54. The second-order valence-electron chi connectivity index (χ2n) is 9.06. The predicted octanol–water partition coefficient (Wildman–Crippen LogP) is 3.51. The lowest BCUT2D eigenvalue weighted by Gasteiger charge is -2.28. The van der Waals surface area contributed by atoms with Crippen LogP contribution in [0, 0.1) is 11.6 Å². The van der Waals surface area contributed by atoms with Crippen molar-refractivity contribution in [3.63, 3.8) is 0 Å². The van der Waals surface area contributed by atoms with Gasteiger partial charge in [0.2, 0.25) is 11.3 Å². The monoisotopic (exact) mass is 559 g/mol. The number of nitrogens with one attached hydrogen (secondary N) is 1. The van der Waals surface area contributed by atoms with Crippen molar-refractivity contribution in [2.24, 2.45) is 0 Å². The molecule has 2 heterocycles. The van der Waals surface area contributed by atoms with E-state index < -0.39 is 40.1 Å². The Morgan fingerprint density at radius 1 is 1.12 bits per heavy atom. The van der Waals surface area contributed by atoms with Gasteiger partial charge in [-0.15, -0.1) is 0 Å². The van der Waals surface area contributed by atoms with E-state index in [4.69, 9.17) is 18.9 Å². The zero-order valence-electron chi connectivity index (χ0n) is 22.5. The van der Waals surface area contributed by atoms with Crippen LogP contribution in [0.2, 0.25) is 0 Å². The van der Waals surface area contributed by atoms with Crippen molar-refractivity contribution in [1.29, 1.82) is 0 Å². The molecule has 1 aromatic heterocycles. The maximum absolute atomic E-state index is 15.8. The summed E-state index contributed by atoms with van der Waals surface area (Å²) in [5.74, 6) is -3.66. The van der Waals surface area contributed by atoms with Crippen LogP contribution in [0.4, 0.5) is 14.5 Å². The van der Waals surface area contributed by atoms with E-state index in [1.165, 1.54) is 23.8 Å². The Labute approximate surface area is 229 Å². The second kappa shape index (κ2) is 12.9. The summed E-state index contributed by atoms with van der Waals surface area (Å²) < 4.78 is 54.0. The van der Waals surface area contributed by atoms with Gasteiger partial charge < -0.3 is 33.7 Å². The van der Waals surface area contributed by atoms with E-state index in [1.54, 1.807) is 43.2 Å². The van der Waals surface area contributed by atoms with E-state index in [2.05, 4.69) is 5.32 Å². The summed E-state index contributed by atoms with van der Waals surface area (Å²) in [5.41, 5.74) is -1.26. The summed E-state index contributed by atoms with van der Waals surface area (Å²) in [6.45, 7) is 3.76. The van der Waals surface area contributed by atoms with Crippen LogP contribution in [0.1, 0.15) is 37.0 Å². The number of rotatable bonds is 11. The highest BCUT2D eigenvalue weighted by molar-refractivity contribution is 5.95. The van der Waals surface area contributed by atoms with Gasteiger partial charge in [-0.25, -0.2) is 13.6 Å². The Morgan fingerprint density at radius 2 is 1.90 bits per heavy atom. The van der Waals surface area contributed by atoms with Crippen LogP contribution in [0.3, 0.4) is 0 Å². The smallest absolute Gasteiger partial charge is 0.343 e. The molecule has 1 amide bonds. The lowest BCUT2D eigenvalue weighted by Crippen LogP contribution is -2.44. The number of hydrogen-bond acceptors (Lipinski definition) is 8. The summed E-state index contributed by atoms with van der Waals surface area (Å²) >= 11 is 0. The SMILES string of the molecule is CCOC(=O)c1cn(-c2ccccc2OCOCCOC)c2cc(N3CCCC3NC(C)=O)c(F)c(F)c2c1=O. The minimum atomic E-state index is -1.41. The van der Waals surface area contributed by atoms with Gasteiger partial charge in [-0.05, 0) is 38.0 Å². The van der Waals surface area contributed by atoms with E-state index in [-0.39, 0.29) is 37.1 Å². The molecule has 4 rings (SSSR count). The molecule has 1 aliphatic rings. The molecule has 1 N–H and O–H groups in total. The molecule has 2 aromatic carbocycles. The van der Waals surface area contributed by atoms with Crippen molar-refractivity contribution >= 4 is 28.5 Å². The molecule has 214 valence electrons. The van der Waals surface area contributed by atoms with Gasteiger partial charge in [0.1, 0.15) is 17.5 Å². The van der Waals surface area contributed by atoms with Gasteiger partial charge in [-0.2, -0.15) is 0 Å². The first-order chi connectivity index (χ1) is 19.3. The number of aromatic nitrogens is 1. The lowest BCUT2D eigenvalue weighted by molar-refractivity contribution is -0.119. The molecule has 0 spiro atoms. The van der Waals surface area contributed by atoms with Crippen molar-refractivity contribution in [3.8, 4) is 11.4 Å². The zero-order valence-corrected chi connectivity index (χ0v) is 22.5. The molecular weight excluding hydrogens is 528 g/mol. The standard InChI is InChI=1S/C28H31F2N3O7/c1-4-39-28(36)18-15-33(19-8-5-6-9-22(19)40-16-38-13-12-37-3)20-14-21(25(29)26(30)24(20)27(18)35)32-11-7-10-23(32)31-17(2)34/h5-6,8-9,14-15,23H,4,7,10-13,16H2,1-3H3,(H,31,34). The maximum atomic E-state index is 15.8. The number of amides is 1. The molecule has 0 aliphatic carbocycles. The highest BCUT2D eigenvalue weighted by Crippen LogP contribution is 2.35. The molecule has 0 radical (unpaired) electrons. The number of anilines is 1. The number of benzene rings is 2. The summed E-state index contributed by atoms with van der Waals surface area (Å²) in [6, 6.07) is 8.02. The molecule has 0 saturated carbocycles. The van der Waals surface area contributed by atoms with E-state index in [1.807, 2.05) is 0 Å². The molecule has 12 heteroatoms. The number of halogens is 2. The third kappa shape index (κ3) is 5.92. The van der Waals surface area contributed by atoms with Crippen molar-refractivity contribution < 1.29 is 37.3 Å². The van der Waals surface area contributed by atoms with Crippen LogP contribution in [-0.2, 0) is 19.0 Å². The van der Waals surface area contributed by atoms with Crippen molar-refractivity contribution in [1.82, 2.24) is 9.88 Å². The topological polar surface area (TPSA) is 108 Å². The fourth-order valence-electron chi connectivity index (χ4n) is 4.68. The minimum Gasteiger partial charge on any atom is -0.465 e. The quantitative estimate of drug-likeness (QED) is 0.216. The number of pyridine rings is 1. The lowest BCUT2D eigenvalue weighted by atomic mass is 10.1. The highest BCUT2D eigenvalue weighted by atomic mass is 19.2. The van der Waals surface area contributed by atoms with E-state index in [0.717, 1.165) is 0 Å². The Bertz CT molecular complexity index is 1460. The number of ether oxygens (including phenoxy) is 4. The number of methoxy groups -OCH3 is 1. The largest absolute Gasteiger partial charge is 0.465 e. The Kier molecular flexibility index (Phi) is 9.33. The molecule has 10 nitrogen and oxygen atoms in total. The highest BCUT2D eigenvalue weighted by Gasteiger charge is 2.31. The third-order valence-electron chi connectivity index (χ3n) is 6.44. The number of nitrogens with zero attached hydrogens (tertiary/aromatic N) is 2. The molecule has 1 aliphatic heterocycles. The van der Waals surface area contributed by atoms with Crippen LogP contribution >= 0.6 is 0 Å². The third-order valence-corrected chi connectivity index (χ3v) is 6.44. The molecule has 1 saturated heterocycles. The number of esters is 1. The number of carbonyl (C=O) groups is 2. The summed E-state index contributed by atoms with van der Waals surface area (Å²) in [5, 5.41) is 2.14. The fraction of sp³-hybridized carbons (Fsp3) is 0.393. The predicted molar refractivity (Wildman–Crippen MR) is 143 cm³/mol. The van der Waals surface area contributed by atoms with Crippen LogP contribution in [-0.4, -0.2) is 62.9 Å². The second-order valence-corrected chi connectivity index (χ2v) is 9.06. The zero-order chi connectivity index (χ0) is 28.8. The number of hydrogen-bond donors (Lipinski definition) is 1. The molecule has 1 fully saturated rings. The van der Waals surface area contributed by atoms with Crippen LogP contribution in [0.5, 0.6) is 5.75 Å². The average Bonchev–Trinajstić information content (AvgIpc) is 3.38. The van der Waals surface area contributed by atoms with Crippen LogP contribution < -0.4 is 20.4 Å². The van der Waals surface area contributed by atoms with Gasteiger partial charge in [-0.1, -0.05) is 12.1 Å². The van der Waals surface area contributed by atoms with E-state index >= 15 is 8.78 Å².